The predicted octanol–water partition coefficient (Wildman–Crippen LogP) is 2.31. The highest BCUT2D eigenvalue weighted by atomic mass is 32.2. The fraction of sp³-hybridized carbons (Fsp3) is 0.462. The summed E-state index contributed by atoms with van der Waals surface area (Å²) in [6, 6.07) is 8.17. The second-order valence-electron chi connectivity index (χ2n) is 4.47. The van der Waals surface area contributed by atoms with Crippen LogP contribution in [0.15, 0.2) is 24.3 Å². The van der Waals surface area contributed by atoms with Gasteiger partial charge in [-0.1, -0.05) is 18.2 Å². The molecule has 0 aromatic heterocycles. The number of carbonyl (C=O) groups excluding carboxylic acids is 1. The van der Waals surface area contributed by atoms with E-state index >= 15 is 0 Å². The smallest absolute Gasteiger partial charge is 0.146 e. The van der Waals surface area contributed by atoms with E-state index in [1.165, 1.54) is 5.56 Å². The Morgan fingerprint density at radius 3 is 3.00 bits per heavy atom. The summed E-state index contributed by atoms with van der Waals surface area (Å²) in [7, 11) is 0. The third-order valence-electron chi connectivity index (χ3n) is 3.28. The number of fused-ring (bicyclic) bond motifs is 1. The Hall–Kier alpha value is -0.960. The van der Waals surface area contributed by atoms with Crippen molar-refractivity contribution in [3.8, 4) is 5.75 Å². The Labute approximate surface area is 99.4 Å². The van der Waals surface area contributed by atoms with E-state index in [-0.39, 0.29) is 12.0 Å². The molecule has 0 spiro atoms. The summed E-state index contributed by atoms with van der Waals surface area (Å²) in [6.07, 6.45) is 2.07. The third-order valence-corrected chi connectivity index (χ3v) is 4.41. The van der Waals surface area contributed by atoms with Crippen molar-refractivity contribution in [2.75, 3.05) is 11.5 Å². The van der Waals surface area contributed by atoms with Crippen molar-refractivity contribution in [2.45, 2.75) is 18.9 Å². The molecule has 0 N–H and O–H groups in total. The van der Waals surface area contributed by atoms with Crippen molar-refractivity contribution in [1.82, 2.24) is 0 Å². The Morgan fingerprint density at radius 2 is 2.25 bits per heavy atom. The van der Waals surface area contributed by atoms with Crippen LogP contribution < -0.4 is 4.74 Å². The molecule has 1 saturated heterocycles. The monoisotopic (exact) mass is 234 g/mol. The van der Waals surface area contributed by atoms with Crippen molar-refractivity contribution in [2.24, 2.45) is 5.92 Å². The second-order valence-corrected chi connectivity index (χ2v) is 5.50. The number of benzene rings is 1. The lowest BCUT2D eigenvalue weighted by molar-refractivity contribution is -0.119. The van der Waals surface area contributed by atoms with Gasteiger partial charge < -0.3 is 4.74 Å². The normalized spacial score (nSPS) is 27.9. The van der Waals surface area contributed by atoms with Crippen LogP contribution in [-0.2, 0) is 11.2 Å². The van der Waals surface area contributed by atoms with Gasteiger partial charge in [-0.15, -0.1) is 0 Å². The lowest BCUT2D eigenvalue weighted by Gasteiger charge is -2.13. The average molecular weight is 234 g/mol. The van der Waals surface area contributed by atoms with Crippen LogP contribution in [0.4, 0.5) is 0 Å². The van der Waals surface area contributed by atoms with Gasteiger partial charge in [0.2, 0.25) is 0 Å². The highest BCUT2D eigenvalue weighted by Gasteiger charge is 2.31. The second kappa shape index (κ2) is 4.13. The number of ketones is 1. The molecule has 2 aliphatic heterocycles. The molecule has 2 nitrogen and oxygen atoms in total. The Bertz CT molecular complexity index is 391. The molecule has 2 aliphatic rings. The summed E-state index contributed by atoms with van der Waals surface area (Å²) < 4.78 is 5.86. The van der Waals surface area contributed by atoms with E-state index in [0.717, 1.165) is 24.3 Å². The van der Waals surface area contributed by atoms with Gasteiger partial charge >= 0.3 is 0 Å². The molecule has 1 aromatic carbocycles. The van der Waals surface area contributed by atoms with Crippen LogP contribution >= 0.6 is 11.8 Å². The van der Waals surface area contributed by atoms with Gasteiger partial charge in [0.1, 0.15) is 17.6 Å². The maximum Gasteiger partial charge on any atom is 0.146 e. The van der Waals surface area contributed by atoms with Crippen molar-refractivity contribution >= 4 is 17.5 Å². The van der Waals surface area contributed by atoms with Gasteiger partial charge in [-0.2, -0.15) is 11.8 Å². The van der Waals surface area contributed by atoms with Crippen LogP contribution in [0.2, 0.25) is 0 Å². The third kappa shape index (κ3) is 1.84. The molecule has 0 saturated carbocycles. The molecule has 0 bridgehead atoms. The predicted molar refractivity (Wildman–Crippen MR) is 65.0 cm³/mol. The molecule has 1 aromatic rings. The lowest BCUT2D eigenvalue weighted by Crippen LogP contribution is -2.22. The highest BCUT2D eigenvalue weighted by Crippen LogP contribution is 2.33. The van der Waals surface area contributed by atoms with E-state index in [4.69, 9.17) is 4.74 Å². The van der Waals surface area contributed by atoms with Crippen molar-refractivity contribution < 1.29 is 9.53 Å². The summed E-state index contributed by atoms with van der Waals surface area (Å²) in [5, 5.41) is 0. The average Bonchev–Trinajstić information content (AvgIpc) is 2.85. The van der Waals surface area contributed by atoms with Gasteiger partial charge in [-0.25, -0.2) is 0 Å². The topological polar surface area (TPSA) is 26.3 Å². The lowest BCUT2D eigenvalue weighted by atomic mass is 9.97. The van der Waals surface area contributed by atoms with Crippen molar-refractivity contribution in [1.29, 1.82) is 0 Å². The van der Waals surface area contributed by atoms with E-state index in [1.54, 1.807) is 11.8 Å². The number of para-hydroxylation sites is 1. The molecule has 2 atom stereocenters. The maximum absolute atomic E-state index is 11.6. The minimum absolute atomic E-state index is 0.213. The summed E-state index contributed by atoms with van der Waals surface area (Å²) in [5.74, 6) is 3.32. The Balaban J connectivity index is 1.66. The van der Waals surface area contributed by atoms with Gasteiger partial charge in [0, 0.05) is 18.1 Å². The number of ether oxygens (including phenoxy) is 1. The van der Waals surface area contributed by atoms with E-state index in [0.29, 0.717) is 11.5 Å². The maximum atomic E-state index is 11.6. The standard InChI is InChI=1S/C13H14O2S/c14-12-8-16-7-10(12)6-11-5-9-3-1-2-4-13(9)15-11/h1-4,10-11H,5-8H2. The number of hydrogen-bond donors (Lipinski definition) is 0. The van der Waals surface area contributed by atoms with Gasteiger partial charge in [0.25, 0.3) is 0 Å². The number of carbonyl (C=O) groups is 1. The van der Waals surface area contributed by atoms with Gasteiger partial charge in [0.05, 0.1) is 5.75 Å². The molecule has 16 heavy (non-hydrogen) atoms. The highest BCUT2D eigenvalue weighted by molar-refractivity contribution is 8.00. The van der Waals surface area contributed by atoms with Gasteiger partial charge in [-0.05, 0) is 18.1 Å². The number of thioether (sulfide) groups is 1. The van der Waals surface area contributed by atoms with E-state index in [1.807, 2.05) is 18.2 Å². The van der Waals surface area contributed by atoms with Crippen LogP contribution in [0, 0.1) is 5.92 Å². The Morgan fingerprint density at radius 1 is 1.38 bits per heavy atom. The molecular weight excluding hydrogens is 220 g/mol. The molecule has 2 unspecified atom stereocenters. The first-order valence-electron chi connectivity index (χ1n) is 5.68. The summed E-state index contributed by atoms with van der Waals surface area (Å²) in [6.45, 7) is 0. The van der Waals surface area contributed by atoms with Gasteiger partial charge in [-0.3, -0.25) is 4.79 Å². The number of Topliss-reactive ketones (excluding diaryl/α,β-unsaturated/α-hetero) is 1. The molecule has 2 heterocycles. The first-order valence-corrected chi connectivity index (χ1v) is 6.83. The zero-order valence-corrected chi connectivity index (χ0v) is 9.83. The minimum atomic E-state index is 0.213. The molecule has 3 rings (SSSR count). The molecule has 0 amide bonds. The number of hydrogen-bond acceptors (Lipinski definition) is 3. The zero-order valence-electron chi connectivity index (χ0n) is 9.02. The molecule has 1 fully saturated rings. The molecule has 0 aliphatic carbocycles. The van der Waals surface area contributed by atoms with Crippen LogP contribution in [0.25, 0.3) is 0 Å². The summed E-state index contributed by atoms with van der Waals surface area (Å²) >= 11 is 1.75. The fourth-order valence-corrected chi connectivity index (χ4v) is 3.58. The molecule has 0 radical (unpaired) electrons. The van der Waals surface area contributed by atoms with Crippen LogP contribution in [-0.4, -0.2) is 23.4 Å². The van der Waals surface area contributed by atoms with E-state index in [2.05, 4.69) is 6.07 Å². The van der Waals surface area contributed by atoms with Crippen LogP contribution in [0.5, 0.6) is 5.75 Å². The quantitative estimate of drug-likeness (QED) is 0.785. The molecular formula is C13H14O2S. The van der Waals surface area contributed by atoms with Crippen molar-refractivity contribution in [3.63, 3.8) is 0 Å². The first kappa shape index (κ1) is 10.2. The first-order chi connectivity index (χ1) is 7.83. The Kier molecular flexibility index (Phi) is 2.64. The minimum Gasteiger partial charge on any atom is -0.490 e. The molecule has 84 valence electrons. The van der Waals surface area contributed by atoms with Crippen molar-refractivity contribution in [3.05, 3.63) is 29.8 Å². The largest absolute Gasteiger partial charge is 0.490 e. The van der Waals surface area contributed by atoms with Gasteiger partial charge in [0.15, 0.2) is 0 Å². The number of rotatable bonds is 2. The van der Waals surface area contributed by atoms with Crippen LogP contribution in [0.3, 0.4) is 0 Å². The fourth-order valence-electron chi connectivity index (χ4n) is 2.41. The van der Waals surface area contributed by atoms with E-state index in [9.17, 15) is 4.79 Å². The van der Waals surface area contributed by atoms with Crippen LogP contribution in [0.1, 0.15) is 12.0 Å². The molecule has 3 heteroatoms. The summed E-state index contributed by atoms with van der Waals surface area (Å²) in [5.41, 5.74) is 1.28. The zero-order chi connectivity index (χ0) is 11.0. The SMILES string of the molecule is O=C1CSCC1CC1Cc2ccccc2O1. The van der Waals surface area contributed by atoms with E-state index < -0.39 is 0 Å². The summed E-state index contributed by atoms with van der Waals surface area (Å²) in [4.78, 5) is 11.6.